The maximum Gasteiger partial charge on any atom is 0.139 e. The smallest absolute Gasteiger partial charge is 0.139 e. The van der Waals surface area contributed by atoms with Crippen LogP contribution in [-0.4, -0.2) is 31.0 Å². The van der Waals surface area contributed by atoms with Gasteiger partial charge in [0.15, 0.2) is 0 Å². The number of aliphatic hydroxyl groups excluding tert-OH is 1. The number of rotatable bonds is 7. The van der Waals surface area contributed by atoms with Crippen LogP contribution in [0.5, 0.6) is 0 Å². The average Bonchev–Trinajstić information content (AvgIpc) is 3.16. The van der Waals surface area contributed by atoms with E-state index in [0.717, 1.165) is 12.2 Å². The molecule has 1 aliphatic carbocycles. The molecular weight excluding hydrogens is 313 g/mol. The van der Waals surface area contributed by atoms with Gasteiger partial charge >= 0.3 is 0 Å². The van der Waals surface area contributed by atoms with Gasteiger partial charge in [-0.15, -0.1) is 0 Å². The standard InChI is InChI=1S/C14H19BrFNO2/c1-9-4-12(15)13(16)5-14(9)17-6-11(18)8-19-7-10-2-3-10/h4-5,10-11,17-18H,2-3,6-8H2,1H3. The molecule has 0 radical (unpaired) electrons. The lowest BCUT2D eigenvalue weighted by atomic mass is 10.2. The van der Waals surface area contributed by atoms with Crippen molar-refractivity contribution in [2.45, 2.75) is 25.9 Å². The molecule has 0 bridgehead atoms. The second-order valence-electron chi connectivity index (χ2n) is 5.10. The van der Waals surface area contributed by atoms with E-state index in [4.69, 9.17) is 4.74 Å². The summed E-state index contributed by atoms with van der Waals surface area (Å²) in [5, 5.41) is 12.8. The largest absolute Gasteiger partial charge is 0.389 e. The van der Waals surface area contributed by atoms with Crippen LogP contribution in [0.2, 0.25) is 0 Å². The molecular formula is C14H19BrFNO2. The van der Waals surface area contributed by atoms with Crippen molar-refractivity contribution in [1.82, 2.24) is 0 Å². The number of aryl methyl sites for hydroxylation is 1. The molecule has 0 amide bonds. The van der Waals surface area contributed by atoms with E-state index < -0.39 is 6.10 Å². The van der Waals surface area contributed by atoms with Crippen LogP contribution in [0.4, 0.5) is 10.1 Å². The van der Waals surface area contributed by atoms with Crippen LogP contribution in [0.3, 0.4) is 0 Å². The highest BCUT2D eigenvalue weighted by atomic mass is 79.9. The third kappa shape index (κ3) is 4.75. The van der Waals surface area contributed by atoms with Crippen molar-refractivity contribution < 1.29 is 14.2 Å². The van der Waals surface area contributed by atoms with Crippen molar-refractivity contribution in [3.05, 3.63) is 28.0 Å². The van der Waals surface area contributed by atoms with Crippen LogP contribution in [0.15, 0.2) is 16.6 Å². The first-order valence-electron chi connectivity index (χ1n) is 6.51. The molecule has 1 aliphatic rings. The maximum atomic E-state index is 13.4. The Morgan fingerprint density at radius 3 is 2.95 bits per heavy atom. The molecule has 1 saturated carbocycles. The minimum Gasteiger partial charge on any atom is -0.389 e. The molecule has 0 aliphatic heterocycles. The minimum atomic E-state index is -0.579. The molecule has 1 atom stereocenters. The lowest BCUT2D eigenvalue weighted by molar-refractivity contribution is 0.0386. The molecule has 2 rings (SSSR count). The molecule has 0 saturated heterocycles. The topological polar surface area (TPSA) is 41.5 Å². The van der Waals surface area contributed by atoms with Gasteiger partial charge in [-0.1, -0.05) is 0 Å². The number of ether oxygens (including phenoxy) is 1. The van der Waals surface area contributed by atoms with E-state index >= 15 is 0 Å². The van der Waals surface area contributed by atoms with Crippen molar-refractivity contribution in [3.63, 3.8) is 0 Å². The second kappa shape index (κ2) is 6.68. The Bertz CT molecular complexity index is 438. The molecule has 106 valence electrons. The average molecular weight is 332 g/mol. The highest BCUT2D eigenvalue weighted by molar-refractivity contribution is 9.10. The predicted molar refractivity (Wildman–Crippen MR) is 76.9 cm³/mol. The molecule has 0 heterocycles. The van der Waals surface area contributed by atoms with Crippen molar-refractivity contribution in [3.8, 4) is 0 Å². The van der Waals surface area contributed by atoms with Crippen LogP contribution in [0.25, 0.3) is 0 Å². The number of aliphatic hydroxyl groups is 1. The molecule has 19 heavy (non-hydrogen) atoms. The van der Waals surface area contributed by atoms with Crippen LogP contribution < -0.4 is 5.32 Å². The Morgan fingerprint density at radius 2 is 2.26 bits per heavy atom. The summed E-state index contributed by atoms with van der Waals surface area (Å²) < 4.78 is 19.3. The second-order valence-corrected chi connectivity index (χ2v) is 5.95. The summed E-state index contributed by atoms with van der Waals surface area (Å²) in [5.74, 6) is 0.385. The minimum absolute atomic E-state index is 0.312. The highest BCUT2D eigenvalue weighted by Crippen LogP contribution is 2.28. The van der Waals surface area contributed by atoms with E-state index in [-0.39, 0.29) is 5.82 Å². The Balaban J connectivity index is 1.75. The van der Waals surface area contributed by atoms with Gasteiger partial charge < -0.3 is 15.2 Å². The first kappa shape index (κ1) is 14.8. The maximum absolute atomic E-state index is 13.4. The number of halogens is 2. The summed E-state index contributed by atoms with van der Waals surface area (Å²) in [6.45, 7) is 3.31. The zero-order valence-electron chi connectivity index (χ0n) is 11.0. The SMILES string of the molecule is Cc1cc(Br)c(F)cc1NCC(O)COCC1CC1. The van der Waals surface area contributed by atoms with Crippen LogP contribution in [0.1, 0.15) is 18.4 Å². The van der Waals surface area contributed by atoms with Crippen molar-refractivity contribution >= 4 is 21.6 Å². The third-order valence-corrected chi connectivity index (χ3v) is 3.76. The Hall–Kier alpha value is -0.650. The van der Waals surface area contributed by atoms with Gasteiger partial charge in [-0.25, -0.2) is 4.39 Å². The van der Waals surface area contributed by atoms with E-state index in [1.54, 1.807) is 6.07 Å². The van der Waals surface area contributed by atoms with Crippen molar-refractivity contribution in [2.75, 3.05) is 25.1 Å². The summed E-state index contributed by atoms with van der Waals surface area (Å²) in [6, 6.07) is 3.14. The number of benzene rings is 1. The van der Waals surface area contributed by atoms with Crippen LogP contribution >= 0.6 is 15.9 Å². The lowest BCUT2D eigenvalue weighted by Crippen LogP contribution is -2.25. The molecule has 5 heteroatoms. The van der Waals surface area contributed by atoms with Crippen LogP contribution in [-0.2, 0) is 4.74 Å². The van der Waals surface area contributed by atoms with Gasteiger partial charge in [-0.05, 0) is 59.3 Å². The first-order chi connectivity index (χ1) is 9.06. The van der Waals surface area contributed by atoms with E-state index in [1.165, 1.54) is 18.9 Å². The fourth-order valence-electron chi connectivity index (χ4n) is 1.78. The van der Waals surface area contributed by atoms with Gasteiger partial charge in [0.1, 0.15) is 5.82 Å². The fourth-order valence-corrected chi connectivity index (χ4v) is 2.24. The number of hydrogen-bond donors (Lipinski definition) is 2. The van der Waals surface area contributed by atoms with Gasteiger partial charge in [0.05, 0.1) is 17.2 Å². The van der Waals surface area contributed by atoms with Crippen LogP contribution in [0, 0.1) is 18.7 Å². The highest BCUT2D eigenvalue weighted by Gasteiger charge is 2.21. The molecule has 1 aromatic rings. The quantitative estimate of drug-likeness (QED) is 0.806. The van der Waals surface area contributed by atoms with Gasteiger partial charge in [0, 0.05) is 18.8 Å². The Kier molecular flexibility index (Phi) is 5.19. The molecule has 0 spiro atoms. The Morgan fingerprint density at radius 1 is 1.53 bits per heavy atom. The normalized spacial score (nSPS) is 16.4. The van der Waals surface area contributed by atoms with E-state index in [9.17, 15) is 9.50 Å². The number of hydrogen-bond acceptors (Lipinski definition) is 3. The van der Waals surface area contributed by atoms with Gasteiger partial charge in [-0.3, -0.25) is 0 Å². The van der Waals surface area contributed by atoms with E-state index in [0.29, 0.717) is 29.2 Å². The first-order valence-corrected chi connectivity index (χ1v) is 7.31. The summed E-state index contributed by atoms with van der Waals surface area (Å²) in [5.41, 5.74) is 1.63. The number of anilines is 1. The summed E-state index contributed by atoms with van der Waals surface area (Å²) >= 11 is 3.14. The third-order valence-electron chi connectivity index (χ3n) is 3.16. The summed E-state index contributed by atoms with van der Waals surface area (Å²) in [4.78, 5) is 0. The zero-order chi connectivity index (χ0) is 13.8. The molecule has 1 fully saturated rings. The van der Waals surface area contributed by atoms with Crippen molar-refractivity contribution in [1.29, 1.82) is 0 Å². The lowest BCUT2D eigenvalue weighted by Gasteiger charge is -2.15. The predicted octanol–water partition coefficient (Wildman–Crippen LogP) is 3.10. The van der Waals surface area contributed by atoms with E-state index in [1.807, 2.05) is 6.92 Å². The summed E-state index contributed by atoms with van der Waals surface area (Å²) in [7, 11) is 0. The van der Waals surface area contributed by atoms with Gasteiger partial charge in [-0.2, -0.15) is 0 Å². The van der Waals surface area contributed by atoms with Crippen molar-refractivity contribution in [2.24, 2.45) is 5.92 Å². The molecule has 2 N–H and O–H groups in total. The Labute approximate surface area is 121 Å². The summed E-state index contributed by atoms with van der Waals surface area (Å²) in [6.07, 6.45) is 1.90. The molecule has 1 unspecified atom stereocenters. The monoisotopic (exact) mass is 331 g/mol. The molecule has 1 aromatic carbocycles. The van der Waals surface area contributed by atoms with E-state index in [2.05, 4.69) is 21.2 Å². The molecule has 0 aromatic heterocycles. The zero-order valence-corrected chi connectivity index (χ0v) is 12.5. The molecule has 3 nitrogen and oxygen atoms in total. The van der Waals surface area contributed by atoms with Gasteiger partial charge in [0.25, 0.3) is 0 Å². The van der Waals surface area contributed by atoms with Gasteiger partial charge in [0.2, 0.25) is 0 Å². The fraction of sp³-hybridized carbons (Fsp3) is 0.571. The number of nitrogens with one attached hydrogen (secondary N) is 1.